The second kappa shape index (κ2) is 3.53. The van der Waals surface area contributed by atoms with E-state index in [-0.39, 0.29) is 5.69 Å². The first-order valence-electron chi connectivity index (χ1n) is 3.30. The highest BCUT2D eigenvalue weighted by Crippen LogP contribution is 2.24. The summed E-state index contributed by atoms with van der Waals surface area (Å²) in [6.07, 6.45) is 3.39. The first-order valence-corrected chi connectivity index (χ1v) is 4.52. The Morgan fingerprint density at radius 2 is 2.33 bits per heavy atom. The van der Waals surface area contributed by atoms with Crippen LogP contribution in [0, 0.1) is 17.0 Å². The van der Waals surface area contributed by atoms with Crippen LogP contribution in [-0.2, 0) is 0 Å². The minimum Gasteiger partial charge on any atom is -0.258 e. The van der Waals surface area contributed by atoms with Crippen molar-refractivity contribution in [2.24, 2.45) is 0 Å². The molecule has 0 saturated heterocycles. The Kier molecular flexibility index (Phi) is 2.65. The van der Waals surface area contributed by atoms with Gasteiger partial charge in [-0.05, 0) is 18.7 Å². The molecule has 0 atom stereocenters. The van der Waals surface area contributed by atoms with E-state index in [0.717, 1.165) is 5.56 Å². The van der Waals surface area contributed by atoms with Crippen LogP contribution in [0.15, 0.2) is 17.3 Å². The monoisotopic (exact) mass is 184 g/mol. The fourth-order valence-corrected chi connectivity index (χ4v) is 1.33. The van der Waals surface area contributed by atoms with Crippen molar-refractivity contribution in [1.29, 1.82) is 0 Å². The Morgan fingerprint density at radius 3 is 2.83 bits per heavy atom. The number of aryl methyl sites for hydroxylation is 1. The fraction of sp³-hybridized carbons (Fsp3) is 0.286. The van der Waals surface area contributed by atoms with Gasteiger partial charge in [0.2, 0.25) is 0 Å². The molecule has 0 spiro atoms. The maximum Gasteiger partial charge on any atom is 0.301 e. The van der Waals surface area contributed by atoms with Gasteiger partial charge in [0.1, 0.15) is 0 Å². The van der Waals surface area contributed by atoms with Crippen molar-refractivity contribution in [3.05, 3.63) is 27.9 Å². The second-order valence-electron chi connectivity index (χ2n) is 2.30. The smallest absolute Gasteiger partial charge is 0.258 e. The number of aromatic nitrogens is 1. The summed E-state index contributed by atoms with van der Waals surface area (Å²) in [7, 11) is 0. The zero-order valence-electron chi connectivity index (χ0n) is 6.77. The number of hydrogen-bond donors (Lipinski definition) is 0. The quantitative estimate of drug-likeness (QED) is 0.401. The zero-order valence-corrected chi connectivity index (χ0v) is 7.59. The normalized spacial score (nSPS) is 9.83. The first-order chi connectivity index (χ1) is 5.65. The number of rotatable bonds is 2. The predicted molar refractivity (Wildman–Crippen MR) is 47.4 cm³/mol. The molecule has 0 amide bonds. The molecule has 4 nitrogen and oxygen atoms in total. The van der Waals surface area contributed by atoms with Crippen LogP contribution in [0.4, 0.5) is 5.69 Å². The van der Waals surface area contributed by atoms with Crippen molar-refractivity contribution in [3.63, 3.8) is 0 Å². The van der Waals surface area contributed by atoms with E-state index in [4.69, 9.17) is 0 Å². The molecule has 0 fully saturated rings. The van der Waals surface area contributed by atoms with E-state index in [0.29, 0.717) is 5.03 Å². The van der Waals surface area contributed by atoms with Gasteiger partial charge in [0.25, 0.3) is 0 Å². The molecular weight excluding hydrogens is 176 g/mol. The Morgan fingerprint density at radius 1 is 1.67 bits per heavy atom. The van der Waals surface area contributed by atoms with Crippen LogP contribution in [0.5, 0.6) is 0 Å². The molecule has 1 heterocycles. The van der Waals surface area contributed by atoms with Crippen molar-refractivity contribution in [3.8, 4) is 0 Å². The molecule has 0 aromatic carbocycles. The standard InChI is InChI=1S/C7H8N2O2S/c1-5-3-6(9(10)11)7(12-2)8-4-5/h3-4H,1-2H3. The topological polar surface area (TPSA) is 56.0 Å². The van der Waals surface area contributed by atoms with Gasteiger partial charge in [-0.15, -0.1) is 11.8 Å². The minimum absolute atomic E-state index is 0.0856. The third-order valence-electron chi connectivity index (χ3n) is 1.36. The van der Waals surface area contributed by atoms with Crippen LogP contribution in [0.25, 0.3) is 0 Å². The van der Waals surface area contributed by atoms with Crippen molar-refractivity contribution < 1.29 is 4.92 Å². The predicted octanol–water partition coefficient (Wildman–Crippen LogP) is 2.02. The molecule has 0 unspecified atom stereocenters. The summed E-state index contributed by atoms with van der Waals surface area (Å²) in [5.74, 6) is 0. The lowest BCUT2D eigenvalue weighted by Crippen LogP contribution is -1.93. The summed E-state index contributed by atoms with van der Waals surface area (Å²) in [5.41, 5.74) is 0.891. The Hall–Kier alpha value is -1.10. The highest BCUT2D eigenvalue weighted by Gasteiger charge is 2.13. The van der Waals surface area contributed by atoms with Gasteiger partial charge in [0.15, 0.2) is 5.03 Å². The van der Waals surface area contributed by atoms with Crippen LogP contribution in [0.1, 0.15) is 5.56 Å². The van der Waals surface area contributed by atoms with Crippen LogP contribution in [0.3, 0.4) is 0 Å². The van der Waals surface area contributed by atoms with E-state index in [1.807, 2.05) is 0 Å². The van der Waals surface area contributed by atoms with Crippen molar-refractivity contribution in [2.45, 2.75) is 11.9 Å². The van der Waals surface area contributed by atoms with E-state index >= 15 is 0 Å². The highest BCUT2D eigenvalue weighted by molar-refractivity contribution is 7.98. The molecule has 0 radical (unpaired) electrons. The molecule has 12 heavy (non-hydrogen) atoms. The van der Waals surface area contributed by atoms with Gasteiger partial charge in [-0.25, -0.2) is 4.98 Å². The Bertz CT molecular complexity index is 314. The number of nitro groups is 1. The largest absolute Gasteiger partial charge is 0.301 e. The van der Waals surface area contributed by atoms with Gasteiger partial charge in [0.05, 0.1) is 4.92 Å². The van der Waals surface area contributed by atoms with E-state index < -0.39 is 4.92 Å². The molecule has 1 aromatic rings. The van der Waals surface area contributed by atoms with Gasteiger partial charge in [-0.2, -0.15) is 0 Å². The lowest BCUT2D eigenvalue weighted by molar-refractivity contribution is -0.388. The number of thioether (sulfide) groups is 1. The van der Waals surface area contributed by atoms with Gasteiger partial charge in [0, 0.05) is 12.3 Å². The first kappa shape index (κ1) is 8.99. The van der Waals surface area contributed by atoms with Crippen LogP contribution in [-0.4, -0.2) is 16.2 Å². The minimum atomic E-state index is -0.411. The van der Waals surface area contributed by atoms with Gasteiger partial charge in [-0.3, -0.25) is 10.1 Å². The van der Waals surface area contributed by atoms with E-state index in [1.54, 1.807) is 19.4 Å². The molecule has 1 aromatic heterocycles. The third-order valence-corrected chi connectivity index (χ3v) is 2.06. The van der Waals surface area contributed by atoms with E-state index in [9.17, 15) is 10.1 Å². The number of nitrogens with zero attached hydrogens (tertiary/aromatic N) is 2. The molecule has 0 aliphatic heterocycles. The summed E-state index contributed by atoms with van der Waals surface area (Å²) in [4.78, 5) is 14.0. The molecule has 0 N–H and O–H groups in total. The van der Waals surface area contributed by atoms with Crippen LogP contribution >= 0.6 is 11.8 Å². The van der Waals surface area contributed by atoms with Crippen LogP contribution < -0.4 is 0 Å². The summed E-state index contributed by atoms with van der Waals surface area (Å²) in [6, 6.07) is 1.53. The molecular formula is C7H8N2O2S. The van der Waals surface area contributed by atoms with E-state index in [1.165, 1.54) is 17.8 Å². The second-order valence-corrected chi connectivity index (χ2v) is 3.09. The lowest BCUT2D eigenvalue weighted by atomic mass is 10.3. The van der Waals surface area contributed by atoms with Gasteiger partial charge < -0.3 is 0 Å². The summed E-state index contributed by atoms with van der Waals surface area (Å²) >= 11 is 1.28. The van der Waals surface area contributed by atoms with Gasteiger partial charge in [-0.1, -0.05) is 0 Å². The molecule has 64 valence electrons. The molecule has 0 bridgehead atoms. The number of pyridine rings is 1. The van der Waals surface area contributed by atoms with Gasteiger partial charge >= 0.3 is 5.69 Å². The SMILES string of the molecule is CSc1ncc(C)cc1[N+](=O)[O-]. The van der Waals surface area contributed by atoms with E-state index in [2.05, 4.69) is 4.98 Å². The van der Waals surface area contributed by atoms with Crippen molar-refractivity contribution in [2.75, 3.05) is 6.26 Å². The average Bonchev–Trinajstić information content (AvgIpc) is 2.04. The maximum absolute atomic E-state index is 10.5. The molecule has 0 aliphatic carbocycles. The zero-order chi connectivity index (χ0) is 9.14. The molecule has 0 saturated carbocycles. The highest BCUT2D eigenvalue weighted by atomic mass is 32.2. The van der Waals surface area contributed by atoms with Crippen molar-refractivity contribution in [1.82, 2.24) is 4.98 Å². The molecule has 1 rings (SSSR count). The maximum atomic E-state index is 10.5. The summed E-state index contributed by atoms with van der Waals surface area (Å²) < 4.78 is 0. The van der Waals surface area contributed by atoms with Crippen LogP contribution in [0.2, 0.25) is 0 Å². The lowest BCUT2D eigenvalue weighted by Gasteiger charge is -1.98. The average molecular weight is 184 g/mol. The van der Waals surface area contributed by atoms with Crippen molar-refractivity contribution >= 4 is 17.4 Å². The Balaban J connectivity index is 3.21. The Labute approximate surface area is 74.2 Å². The fourth-order valence-electron chi connectivity index (χ4n) is 0.829. The third kappa shape index (κ3) is 1.73. The molecule has 0 aliphatic rings. The summed E-state index contributed by atoms with van der Waals surface area (Å²) in [6.45, 7) is 1.78. The summed E-state index contributed by atoms with van der Waals surface area (Å²) in [5, 5.41) is 10.9. The molecule has 5 heteroatoms. The number of hydrogen-bond acceptors (Lipinski definition) is 4.